The van der Waals surface area contributed by atoms with Crippen LogP contribution in [-0.4, -0.2) is 27.2 Å². The molecule has 0 bridgehead atoms. The van der Waals surface area contributed by atoms with Gasteiger partial charge in [-0.25, -0.2) is 8.42 Å². The first-order valence-electron chi connectivity index (χ1n) is 7.35. The Morgan fingerprint density at radius 1 is 1.21 bits per heavy atom. The topological polar surface area (TPSA) is 72.5 Å². The number of rotatable bonds is 6. The van der Waals surface area contributed by atoms with Gasteiger partial charge in [0.25, 0.3) is 5.91 Å². The second kappa shape index (κ2) is 7.68. The Bertz CT molecular complexity index is 849. The molecule has 0 aromatic heterocycles. The van der Waals surface area contributed by atoms with E-state index in [-0.39, 0.29) is 10.5 Å². The Hall–Kier alpha value is -2.05. The van der Waals surface area contributed by atoms with Crippen molar-refractivity contribution in [1.29, 1.82) is 0 Å². The zero-order chi connectivity index (χ0) is 17.7. The first-order valence-corrected chi connectivity index (χ1v) is 9.62. The summed E-state index contributed by atoms with van der Waals surface area (Å²) in [7, 11) is -3.38. The molecule has 1 amide bonds. The fourth-order valence-electron chi connectivity index (χ4n) is 2.00. The van der Waals surface area contributed by atoms with Crippen LogP contribution in [0.25, 0.3) is 0 Å². The molecule has 0 atom stereocenters. The molecule has 0 aliphatic carbocycles. The quantitative estimate of drug-likeness (QED) is 0.843. The molecule has 7 heteroatoms. The summed E-state index contributed by atoms with van der Waals surface area (Å²) >= 11 is 5.98. The molecule has 2 aromatic rings. The third kappa shape index (κ3) is 4.72. The van der Waals surface area contributed by atoms with Crippen molar-refractivity contribution < 1.29 is 17.9 Å². The number of halogens is 1. The number of nitrogens with one attached hydrogen (secondary N) is 1. The highest BCUT2D eigenvalue weighted by Crippen LogP contribution is 2.28. The van der Waals surface area contributed by atoms with Gasteiger partial charge in [0.1, 0.15) is 5.75 Å². The fourth-order valence-corrected chi connectivity index (χ4v) is 2.84. The Morgan fingerprint density at radius 3 is 2.62 bits per heavy atom. The van der Waals surface area contributed by atoms with Crippen LogP contribution < -0.4 is 10.1 Å². The van der Waals surface area contributed by atoms with Gasteiger partial charge in [0.2, 0.25) is 0 Å². The van der Waals surface area contributed by atoms with Crippen molar-refractivity contribution in [1.82, 2.24) is 0 Å². The van der Waals surface area contributed by atoms with Gasteiger partial charge in [-0.2, -0.15) is 0 Å². The lowest BCUT2D eigenvalue weighted by atomic mass is 10.2. The van der Waals surface area contributed by atoms with Crippen LogP contribution in [0.3, 0.4) is 0 Å². The van der Waals surface area contributed by atoms with Gasteiger partial charge >= 0.3 is 0 Å². The molecule has 0 fully saturated rings. The molecule has 0 unspecified atom stereocenters. The molecule has 0 spiro atoms. The van der Waals surface area contributed by atoms with E-state index in [0.29, 0.717) is 23.1 Å². The van der Waals surface area contributed by atoms with E-state index >= 15 is 0 Å². The van der Waals surface area contributed by atoms with Crippen molar-refractivity contribution in [2.75, 3.05) is 18.2 Å². The summed E-state index contributed by atoms with van der Waals surface area (Å²) in [5.74, 6) is 0.0676. The van der Waals surface area contributed by atoms with E-state index in [0.717, 1.165) is 12.7 Å². The predicted octanol–water partition coefficient (Wildman–Crippen LogP) is 3.78. The van der Waals surface area contributed by atoms with Crippen LogP contribution in [0, 0.1) is 0 Å². The lowest BCUT2D eigenvalue weighted by Crippen LogP contribution is -2.14. The number of amides is 1. The van der Waals surface area contributed by atoms with Crippen molar-refractivity contribution >= 4 is 33.0 Å². The molecule has 0 radical (unpaired) electrons. The van der Waals surface area contributed by atoms with E-state index in [9.17, 15) is 13.2 Å². The monoisotopic (exact) mass is 367 g/mol. The Kier molecular flexibility index (Phi) is 5.85. The number of hydrogen-bond acceptors (Lipinski definition) is 4. The largest absolute Gasteiger partial charge is 0.491 e. The molecule has 128 valence electrons. The van der Waals surface area contributed by atoms with E-state index < -0.39 is 15.7 Å². The number of hydrogen-bond donors (Lipinski definition) is 1. The van der Waals surface area contributed by atoms with Crippen molar-refractivity contribution in [3.8, 4) is 5.75 Å². The number of ether oxygens (including phenoxy) is 1. The lowest BCUT2D eigenvalue weighted by molar-refractivity contribution is 0.102. The SMILES string of the molecule is CCCOc1ccc(Cl)cc1NC(=O)c1cccc(S(C)(=O)=O)c1. The van der Waals surface area contributed by atoms with Crippen molar-refractivity contribution in [2.24, 2.45) is 0 Å². The van der Waals surface area contributed by atoms with E-state index in [4.69, 9.17) is 16.3 Å². The molecule has 1 N–H and O–H groups in total. The van der Waals surface area contributed by atoms with Gasteiger partial charge < -0.3 is 10.1 Å². The maximum atomic E-state index is 12.4. The number of carbonyl (C=O) groups excluding carboxylic acids is 1. The minimum absolute atomic E-state index is 0.0868. The standard InChI is InChI=1S/C17H18ClNO4S/c1-3-9-23-16-8-7-13(18)11-15(16)19-17(20)12-5-4-6-14(10-12)24(2,21)22/h4-8,10-11H,3,9H2,1-2H3,(H,19,20). The van der Waals surface area contributed by atoms with Gasteiger partial charge in [-0.3, -0.25) is 4.79 Å². The summed E-state index contributed by atoms with van der Waals surface area (Å²) < 4.78 is 28.8. The van der Waals surface area contributed by atoms with Crippen LogP contribution in [0.1, 0.15) is 23.7 Å². The number of benzene rings is 2. The predicted molar refractivity (Wildman–Crippen MR) is 94.7 cm³/mol. The van der Waals surface area contributed by atoms with Gasteiger partial charge in [-0.15, -0.1) is 0 Å². The minimum Gasteiger partial charge on any atom is -0.491 e. The third-order valence-corrected chi connectivity index (χ3v) is 4.52. The molecule has 0 aliphatic heterocycles. The highest BCUT2D eigenvalue weighted by Gasteiger charge is 2.14. The molecule has 0 saturated carbocycles. The summed E-state index contributed by atoms with van der Waals surface area (Å²) in [4.78, 5) is 12.5. The average molecular weight is 368 g/mol. The van der Waals surface area contributed by atoms with Gasteiger partial charge in [-0.05, 0) is 42.8 Å². The maximum Gasteiger partial charge on any atom is 0.255 e. The van der Waals surface area contributed by atoms with Gasteiger partial charge in [0.15, 0.2) is 9.84 Å². The van der Waals surface area contributed by atoms with Crippen LogP contribution in [-0.2, 0) is 9.84 Å². The number of sulfone groups is 1. The number of anilines is 1. The first kappa shape index (κ1) is 18.3. The van der Waals surface area contributed by atoms with Crippen LogP contribution in [0.15, 0.2) is 47.4 Å². The molecule has 24 heavy (non-hydrogen) atoms. The molecule has 0 aliphatic rings. The average Bonchev–Trinajstić information content (AvgIpc) is 2.53. The zero-order valence-electron chi connectivity index (χ0n) is 13.4. The third-order valence-electron chi connectivity index (χ3n) is 3.18. The second-order valence-electron chi connectivity index (χ2n) is 5.24. The Morgan fingerprint density at radius 2 is 1.96 bits per heavy atom. The van der Waals surface area contributed by atoms with E-state index in [1.807, 2.05) is 6.92 Å². The molecule has 0 heterocycles. The minimum atomic E-state index is -3.38. The fraction of sp³-hybridized carbons (Fsp3) is 0.235. The smallest absolute Gasteiger partial charge is 0.255 e. The van der Waals surface area contributed by atoms with Crippen LogP contribution in [0.2, 0.25) is 5.02 Å². The van der Waals surface area contributed by atoms with E-state index in [1.165, 1.54) is 18.2 Å². The number of carbonyl (C=O) groups is 1. The lowest BCUT2D eigenvalue weighted by Gasteiger charge is -2.13. The molecule has 2 rings (SSSR count). The van der Waals surface area contributed by atoms with Crippen molar-refractivity contribution in [3.63, 3.8) is 0 Å². The van der Waals surface area contributed by atoms with Crippen LogP contribution in [0.4, 0.5) is 5.69 Å². The van der Waals surface area contributed by atoms with Crippen molar-refractivity contribution in [3.05, 3.63) is 53.1 Å². The van der Waals surface area contributed by atoms with Crippen molar-refractivity contribution in [2.45, 2.75) is 18.2 Å². The second-order valence-corrected chi connectivity index (χ2v) is 7.70. The highest BCUT2D eigenvalue weighted by molar-refractivity contribution is 7.90. The zero-order valence-corrected chi connectivity index (χ0v) is 14.9. The summed E-state index contributed by atoms with van der Waals surface area (Å²) in [6.07, 6.45) is 1.92. The molecular weight excluding hydrogens is 350 g/mol. The molecule has 5 nitrogen and oxygen atoms in total. The van der Waals surface area contributed by atoms with Gasteiger partial charge in [0.05, 0.1) is 17.2 Å². The summed E-state index contributed by atoms with van der Waals surface area (Å²) in [6, 6.07) is 10.8. The highest BCUT2D eigenvalue weighted by atomic mass is 35.5. The molecular formula is C17H18ClNO4S. The summed E-state index contributed by atoms with van der Waals surface area (Å²) in [5, 5.41) is 3.17. The normalized spacial score (nSPS) is 11.1. The van der Waals surface area contributed by atoms with E-state index in [2.05, 4.69) is 5.32 Å². The summed E-state index contributed by atoms with van der Waals surface area (Å²) in [6.45, 7) is 2.49. The Balaban J connectivity index is 2.28. The van der Waals surface area contributed by atoms with Gasteiger partial charge in [0, 0.05) is 16.8 Å². The Labute approximate surface area is 146 Å². The summed E-state index contributed by atoms with van der Waals surface area (Å²) in [5.41, 5.74) is 0.671. The van der Waals surface area contributed by atoms with Crippen LogP contribution in [0.5, 0.6) is 5.75 Å². The maximum absolute atomic E-state index is 12.4. The van der Waals surface area contributed by atoms with E-state index in [1.54, 1.807) is 24.3 Å². The molecule has 2 aromatic carbocycles. The first-order chi connectivity index (χ1) is 11.3. The van der Waals surface area contributed by atoms with Crippen LogP contribution >= 0.6 is 11.6 Å². The molecule has 0 saturated heterocycles. The van der Waals surface area contributed by atoms with Gasteiger partial charge in [-0.1, -0.05) is 24.6 Å².